The van der Waals surface area contributed by atoms with Crippen LogP contribution in [0.25, 0.3) is 0 Å². The highest BCUT2D eigenvalue weighted by molar-refractivity contribution is 6.01. The average Bonchev–Trinajstić information content (AvgIpc) is 3.06. The monoisotopic (exact) mass is 393 g/mol. The number of hydrogen-bond donors (Lipinski definition) is 3. The summed E-state index contributed by atoms with van der Waals surface area (Å²) in [5, 5.41) is 15.0. The molecule has 1 aliphatic heterocycles. The lowest BCUT2D eigenvalue weighted by atomic mass is 9.54. The quantitative estimate of drug-likeness (QED) is 0.682. The van der Waals surface area contributed by atoms with E-state index >= 15 is 0 Å². The van der Waals surface area contributed by atoms with Gasteiger partial charge in [-0.1, -0.05) is 13.8 Å². The Labute approximate surface area is 162 Å². The summed E-state index contributed by atoms with van der Waals surface area (Å²) >= 11 is 0. The Kier molecular flexibility index (Phi) is 5.05. The van der Waals surface area contributed by atoms with Gasteiger partial charge in [0.2, 0.25) is 0 Å². The molecular formula is C19H24FN3O5. The zero-order valence-electron chi connectivity index (χ0n) is 16.0. The molecule has 0 bridgehead atoms. The van der Waals surface area contributed by atoms with Gasteiger partial charge in [-0.15, -0.1) is 0 Å². The van der Waals surface area contributed by atoms with Gasteiger partial charge in [0.1, 0.15) is 11.4 Å². The maximum Gasteiger partial charge on any atom is 0.330 e. The smallest absolute Gasteiger partial charge is 0.330 e. The molecule has 1 aromatic rings. The molecule has 28 heavy (non-hydrogen) atoms. The van der Waals surface area contributed by atoms with Crippen LogP contribution in [0.4, 0.5) is 14.9 Å². The SMILES string of the molecule is CCOC1CC(NC(=O)c2cc(N3CCNC3=O)ccc2F)(C(=O)O)C1(C)C. The molecule has 3 amide bonds. The van der Waals surface area contributed by atoms with Crippen LogP contribution >= 0.6 is 0 Å². The molecular weight excluding hydrogens is 369 g/mol. The van der Waals surface area contributed by atoms with E-state index in [0.717, 1.165) is 6.07 Å². The Morgan fingerprint density at radius 1 is 1.43 bits per heavy atom. The summed E-state index contributed by atoms with van der Waals surface area (Å²) in [4.78, 5) is 38.0. The number of carboxylic acids is 1. The number of nitrogens with zero attached hydrogens (tertiary/aromatic N) is 1. The van der Waals surface area contributed by atoms with Gasteiger partial charge in [-0.05, 0) is 25.1 Å². The third-order valence-corrected chi connectivity index (χ3v) is 5.82. The highest BCUT2D eigenvalue weighted by Gasteiger charge is 2.66. The molecule has 1 heterocycles. The second kappa shape index (κ2) is 7.05. The van der Waals surface area contributed by atoms with Crippen LogP contribution < -0.4 is 15.5 Å². The number of ether oxygens (including phenoxy) is 1. The predicted molar refractivity (Wildman–Crippen MR) is 98.8 cm³/mol. The zero-order chi connectivity index (χ0) is 20.7. The Bertz CT molecular complexity index is 828. The van der Waals surface area contributed by atoms with E-state index in [1.165, 1.54) is 17.0 Å². The van der Waals surface area contributed by atoms with Crippen LogP contribution in [0.3, 0.4) is 0 Å². The number of amides is 3. The molecule has 3 rings (SSSR count). The van der Waals surface area contributed by atoms with Crippen molar-refractivity contribution in [1.29, 1.82) is 0 Å². The van der Waals surface area contributed by atoms with Gasteiger partial charge >= 0.3 is 12.0 Å². The second-order valence-corrected chi connectivity index (χ2v) is 7.58. The van der Waals surface area contributed by atoms with Crippen LogP contribution in [-0.2, 0) is 9.53 Å². The summed E-state index contributed by atoms with van der Waals surface area (Å²) in [6.07, 6.45) is -0.247. The fourth-order valence-electron chi connectivity index (χ4n) is 3.87. The van der Waals surface area contributed by atoms with Crippen molar-refractivity contribution in [2.75, 3.05) is 24.6 Å². The van der Waals surface area contributed by atoms with Gasteiger partial charge < -0.3 is 20.5 Å². The summed E-state index contributed by atoms with van der Waals surface area (Å²) in [6.45, 7) is 6.48. The molecule has 1 saturated carbocycles. The highest BCUT2D eigenvalue weighted by atomic mass is 19.1. The molecule has 1 aliphatic carbocycles. The van der Waals surface area contributed by atoms with E-state index in [-0.39, 0.29) is 24.1 Å². The number of carboxylic acid groups (broad SMARTS) is 1. The van der Waals surface area contributed by atoms with Crippen LogP contribution in [0.5, 0.6) is 0 Å². The molecule has 2 fully saturated rings. The van der Waals surface area contributed by atoms with E-state index in [2.05, 4.69) is 10.6 Å². The highest BCUT2D eigenvalue weighted by Crippen LogP contribution is 2.51. The first kappa shape index (κ1) is 20.1. The molecule has 8 nitrogen and oxygen atoms in total. The summed E-state index contributed by atoms with van der Waals surface area (Å²) in [5.41, 5.74) is -2.40. The van der Waals surface area contributed by atoms with Crippen molar-refractivity contribution < 1.29 is 28.6 Å². The molecule has 1 aromatic carbocycles. The number of halogens is 1. The number of anilines is 1. The standard InChI is InChI=1S/C19H24FN3O5/c1-4-28-14-10-19(16(25)26,18(14,2)3)22-15(24)12-9-11(5-6-13(12)20)23-8-7-21-17(23)27/h5-6,9,14H,4,7-8,10H2,1-3H3,(H,21,27)(H,22,24)(H,25,26). The van der Waals surface area contributed by atoms with Gasteiger partial charge in [0.15, 0.2) is 0 Å². The Balaban J connectivity index is 1.88. The van der Waals surface area contributed by atoms with E-state index in [0.29, 0.717) is 25.4 Å². The van der Waals surface area contributed by atoms with Crippen LogP contribution in [0.1, 0.15) is 37.6 Å². The van der Waals surface area contributed by atoms with Crippen LogP contribution in [0, 0.1) is 11.2 Å². The Hall–Kier alpha value is -2.68. The minimum Gasteiger partial charge on any atom is -0.479 e. The third kappa shape index (κ3) is 2.99. The lowest BCUT2D eigenvalue weighted by molar-refractivity contribution is -0.190. The van der Waals surface area contributed by atoms with E-state index in [4.69, 9.17) is 4.74 Å². The molecule has 9 heteroatoms. The summed E-state index contributed by atoms with van der Waals surface area (Å²) < 4.78 is 19.9. The van der Waals surface area contributed by atoms with Gasteiger partial charge in [0.25, 0.3) is 5.91 Å². The van der Waals surface area contributed by atoms with Crippen molar-refractivity contribution in [2.45, 2.75) is 38.8 Å². The minimum absolute atomic E-state index is 0.0880. The first-order valence-electron chi connectivity index (χ1n) is 9.16. The lowest BCUT2D eigenvalue weighted by Crippen LogP contribution is -2.76. The minimum atomic E-state index is -1.57. The fourth-order valence-corrected chi connectivity index (χ4v) is 3.87. The Morgan fingerprint density at radius 2 is 2.14 bits per heavy atom. The molecule has 3 N–H and O–H groups in total. The van der Waals surface area contributed by atoms with Crippen LogP contribution in [-0.4, -0.2) is 54.4 Å². The number of benzene rings is 1. The molecule has 1 saturated heterocycles. The van der Waals surface area contributed by atoms with Gasteiger partial charge in [-0.25, -0.2) is 14.0 Å². The van der Waals surface area contributed by atoms with E-state index in [9.17, 15) is 23.9 Å². The lowest BCUT2D eigenvalue weighted by Gasteiger charge is -2.58. The first-order valence-corrected chi connectivity index (χ1v) is 9.16. The first-order chi connectivity index (χ1) is 13.1. The van der Waals surface area contributed by atoms with E-state index in [1.807, 2.05) is 6.92 Å². The predicted octanol–water partition coefficient (Wildman–Crippen LogP) is 1.74. The van der Waals surface area contributed by atoms with Crippen molar-refractivity contribution in [3.63, 3.8) is 0 Å². The van der Waals surface area contributed by atoms with Crippen LogP contribution in [0.2, 0.25) is 0 Å². The van der Waals surface area contributed by atoms with E-state index in [1.54, 1.807) is 13.8 Å². The largest absolute Gasteiger partial charge is 0.479 e. The van der Waals surface area contributed by atoms with Crippen molar-refractivity contribution in [3.05, 3.63) is 29.6 Å². The molecule has 152 valence electrons. The molecule has 2 aliphatic rings. The number of hydrogen-bond acceptors (Lipinski definition) is 4. The number of urea groups is 1. The Morgan fingerprint density at radius 3 is 2.68 bits per heavy atom. The third-order valence-electron chi connectivity index (χ3n) is 5.82. The fraction of sp³-hybridized carbons (Fsp3) is 0.526. The number of carbonyl (C=O) groups is 3. The molecule has 0 radical (unpaired) electrons. The van der Waals surface area contributed by atoms with Gasteiger partial charge in [0.05, 0.1) is 11.7 Å². The van der Waals surface area contributed by atoms with Gasteiger partial charge in [0, 0.05) is 37.2 Å². The topological polar surface area (TPSA) is 108 Å². The van der Waals surface area contributed by atoms with Gasteiger partial charge in [-0.2, -0.15) is 0 Å². The number of aliphatic carboxylic acids is 1. The van der Waals surface area contributed by atoms with Crippen molar-refractivity contribution >= 4 is 23.6 Å². The maximum absolute atomic E-state index is 14.3. The summed E-state index contributed by atoms with van der Waals surface area (Å²) in [6, 6.07) is 3.43. The summed E-state index contributed by atoms with van der Waals surface area (Å²) in [5.74, 6) is -2.83. The van der Waals surface area contributed by atoms with Crippen molar-refractivity contribution in [3.8, 4) is 0 Å². The molecule has 2 unspecified atom stereocenters. The number of carbonyl (C=O) groups excluding carboxylic acids is 2. The van der Waals surface area contributed by atoms with Gasteiger partial charge in [-0.3, -0.25) is 9.69 Å². The van der Waals surface area contributed by atoms with Crippen molar-refractivity contribution in [1.82, 2.24) is 10.6 Å². The zero-order valence-corrected chi connectivity index (χ0v) is 16.0. The molecule has 0 spiro atoms. The van der Waals surface area contributed by atoms with Crippen LogP contribution in [0.15, 0.2) is 18.2 Å². The maximum atomic E-state index is 14.3. The second-order valence-electron chi connectivity index (χ2n) is 7.58. The number of rotatable bonds is 6. The normalized spacial score (nSPS) is 25.8. The summed E-state index contributed by atoms with van der Waals surface area (Å²) in [7, 11) is 0. The van der Waals surface area contributed by atoms with Crippen molar-refractivity contribution in [2.24, 2.45) is 5.41 Å². The molecule has 2 atom stereocenters. The molecule has 0 aromatic heterocycles. The average molecular weight is 393 g/mol. The van der Waals surface area contributed by atoms with E-state index < -0.39 is 28.6 Å². The number of nitrogens with one attached hydrogen (secondary N) is 2.